The molecule has 0 radical (unpaired) electrons. The highest BCUT2D eigenvalue weighted by Gasteiger charge is 2.18. The van der Waals surface area contributed by atoms with Crippen LogP contribution in [0.2, 0.25) is 5.02 Å². The van der Waals surface area contributed by atoms with Crippen molar-refractivity contribution in [3.63, 3.8) is 0 Å². The predicted octanol–water partition coefficient (Wildman–Crippen LogP) is 3.01. The molecule has 1 saturated heterocycles. The highest BCUT2D eigenvalue weighted by molar-refractivity contribution is 6.31. The molecule has 0 amide bonds. The summed E-state index contributed by atoms with van der Waals surface area (Å²) in [6.07, 6.45) is 0.835. The molecule has 1 fully saturated rings. The van der Waals surface area contributed by atoms with Gasteiger partial charge in [0.05, 0.1) is 0 Å². The van der Waals surface area contributed by atoms with Gasteiger partial charge in [-0.25, -0.2) is 0 Å². The molecular weight excluding hydrogens is 282 g/mol. The first-order valence-corrected chi connectivity index (χ1v) is 8.35. The largest absolute Gasteiger partial charge is 0.369 e. The van der Waals surface area contributed by atoms with E-state index >= 15 is 0 Å². The van der Waals surface area contributed by atoms with Gasteiger partial charge in [0.25, 0.3) is 0 Å². The van der Waals surface area contributed by atoms with Crippen LogP contribution in [-0.4, -0.2) is 43.7 Å². The first-order valence-electron chi connectivity index (χ1n) is 7.97. The summed E-state index contributed by atoms with van der Waals surface area (Å²) in [6.45, 7) is 12.2. The molecule has 1 aromatic carbocycles. The predicted molar refractivity (Wildman–Crippen MR) is 92.3 cm³/mol. The molecule has 0 saturated carbocycles. The van der Waals surface area contributed by atoms with Gasteiger partial charge in [0.15, 0.2) is 0 Å². The van der Waals surface area contributed by atoms with E-state index in [0.717, 1.165) is 49.1 Å². The van der Waals surface area contributed by atoms with E-state index in [0.29, 0.717) is 0 Å². The standard InChI is InChI=1S/C17H28ClN3/c1-13(2)12-20-6-8-21(9-7-20)16-5-4-15(10-14(3)19)17(18)11-16/h4-5,11,13-14H,6-10,12,19H2,1-3H3. The molecule has 4 heteroatoms. The summed E-state index contributed by atoms with van der Waals surface area (Å²) in [5.74, 6) is 0.739. The molecular formula is C17H28ClN3. The lowest BCUT2D eigenvalue weighted by Gasteiger charge is -2.37. The summed E-state index contributed by atoms with van der Waals surface area (Å²) in [7, 11) is 0. The normalized spacial score (nSPS) is 18.3. The van der Waals surface area contributed by atoms with Gasteiger partial charge in [0.2, 0.25) is 0 Å². The Labute approximate surface area is 134 Å². The van der Waals surface area contributed by atoms with Crippen LogP contribution in [0.25, 0.3) is 0 Å². The molecule has 21 heavy (non-hydrogen) atoms. The Morgan fingerprint density at radius 3 is 2.33 bits per heavy atom. The third-order valence-corrected chi connectivity index (χ3v) is 4.29. The van der Waals surface area contributed by atoms with Crippen LogP contribution in [0.5, 0.6) is 0 Å². The van der Waals surface area contributed by atoms with Crippen LogP contribution in [0, 0.1) is 5.92 Å². The van der Waals surface area contributed by atoms with Crippen molar-refractivity contribution in [3.05, 3.63) is 28.8 Å². The summed E-state index contributed by atoms with van der Waals surface area (Å²) in [5.41, 5.74) is 8.24. The van der Waals surface area contributed by atoms with Gasteiger partial charge in [-0.15, -0.1) is 0 Å². The maximum atomic E-state index is 6.40. The number of rotatable bonds is 5. The maximum absolute atomic E-state index is 6.40. The molecule has 2 rings (SSSR count). The second-order valence-electron chi connectivity index (χ2n) is 6.64. The number of nitrogens with two attached hydrogens (primary N) is 1. The Hall–Kier alpha value is -0.770. The first kappa shape index (κ1) is 16.6. The van der Waals surface area contributed by atoms with Gasteiger partial charge in [-0.05, 0) is 37.0 Å². The minimum atomic E-state index is 0.146. The van der Waals surface area contributed by atoms with Crippen LogP contribution in [0.15, 0.2) is 18.2 Å². The van der Waals surface area contributed by atoms with E-state index in [4.69, 9.17) is 17.3 Å². The lowest BCUT2D eigenvalue weighted by Crippen LogP contribution is -2.47. The van der Waals surface area contributed by atoms with E-state index in [1.165, 1.54) is 12.2 Å². The summed E-state index contributed by atoms with van der Waals surface area (Å²) >= 11 is 6.40. The van der Waals surface area contributed by atoms with Gasteiger partial charge >= 0.3 is 0 Å². The minimum Gasteiger partial charge on any atom is -0.369 e. The SMILES string of the molecule is CC(C)CN1CCN(c2ccc(CC(C)N)c(Cl)c2)CC1. The molecule has 1 heterocycles. The zero-order chi connectivity index (χ0) is 15.4. The van der Waals surface area contributed by atoms with Crippen molar-refractivity contribution in [3.8, 4) is 0 Å². The molecule has 0 spiro atoms. The number of piperazine rings is 1. The topological polar surface area (TPSA) is 32.5 Å². The Morgan fingerprint density at radius 2 is 1.81 bits per heavy atom. The molecule has 1 atom stereocenters. The fraction of sp³-hybridized carbons (Fsp3) is 0.647. The molecule has 0 aromatic heterocycles. The molecule has 3 nitrogen and oxygen atoms in total. The van der Waals surface area contributed by atoms with Crippen LogP contribution in [-0.2, 0) is 6.42 Å². The van der Waals surface area contributed by atoms with Gasteiger partial charge in [0, 0.05) is 49.5 Å². The summed E-state index contributed by atoms with van der Waals surface area (Å²) in [4.78, 5) is 4.98. The van der Waals surface area contributed by atoms with Crippen molar-refractivity contribution in [1.29, 1.82) is 0 Å². The number of hydrogen-bond acceptors (Lipinski definition) is 3. The van der Waals surface area contributed by atoms with E-state index < -0.39 is 0 Å². The average Bonchev–Trinajstić information content (AvgIpc) is 2.41. The molecule has 1 aliphatic rings. The van der Waals surface area contributed by atoms with Crippen LogP contribution in [0.4, 0.5) is 5.69 Å². The van der Waals surface area contributed by atoms with Gasteiger partial charge in [-0.3, -0.25) is 4.90 Å². The molecule has 1 aromatic rings. The Balaban J connectivity index is 1.96. The number of anilines is 1. The van der Waals surface area contributed by atoms with Crippen molar-refractivity contribution >= 4 is 17.3 Å². The van der Waals surface area contributed by atoms with Crippen LogP contribution in [0.3, 0.4) is 0 Å². The van der Waals surface area contributed by atoms with E-state index in [9.17, 15) is 0 Å². The van der Waals surface area contributed by atoms with Crippen LogP contribution < -0.4 is 10.6 Å². The molecule has 0 aliphatic carbocycles. The molecule has 1 aliphatic heterocycles. The van der Waals surface area contributed by atoms with Gasteiger partial charge in [-0.1, -0.05) is 31.5 Å². The Bertz CT molecular complexity index is 451. The summed E-state index contributed by atoms with van der Waals surface area (Å²) in [6, 6.07) is 6.55. The first-order chi connectivity index (χ1) is 9.95. The van der Waals surface area contributed by atoms with E-state index in [2.05, 4.69) is 41.8 Å². The van der Waals surface area contributed by atoms with Crippen molar-refractivity contribution in [1.82, 2.24) is 4.90 Å². The molecule has 1 unspecified atom stereocenters. The third kappa shape index (κ3) is 4.87. The van der Waals surface area contributed by atoms with Gasteiger partial charge in [0.1, 0.15) is 0 Å². The maximum Gasteiger partial charge on any atom is 0.0459 e. The summed E-state index contributed by atoms with van der Waals surface area (Å²) < 4.78 is 0. The zero-order valence-corrected chi connectivity index (χ0v) is 14.2. The van der Waals surface area contributed by atoms with Gasteiger partial charge in [-0.2, -0.15) is 0 Å². The molecule has 118 valence electrons. The Kier molecular flexibility index (Phi) is 5.91. The molecule has 2 N–H and O–H groups in total. The van der Waals surface area contributed by atoms with Gasteiger partial charge < -0.3 is 10.6 Å². The number of hydrogen-bond donors (Lipinski definition) is 1. The minimum absolute atomic E-state index is 0.146. The zero-order valence-electron chi connectivity index (χ0n) is 13.5. The average molecular weight is 310 g/mol. The lowest BCUT2D eigenvalue weighted by atomic mass is 10.1. The smallest absolute Gasteiger partial charge is 0.0459 e. The van der Waals surface area contributed by atoms with Crippen molar-refractivity contribution in [2.45, 2.75) is 33.2 Å². The third-order valence-electron chi connectivity index (χ3n) is 3.94. The second-order valence-corrected chi connectivity index (χ2v) is 7.05. The van der Waals surface area contributed by atoms with Crippen LogP contribution in [0.1, 0.15) is 26.3 Å². The summed E-state index contributed by atoms with van der Waals surface area (Å²) in [5, 5.41) is 0.842. The number of halogens is 1. The van der Waals surface area contributed by atoms with E-state index in [1.54, 1.807) is 0 Å². The van der Waals surface area contributed by atoms with E-state index in [-0.39, 0.29) is 6.04 Å². The number of nitrogens with zero attached hydrogens (tertiary/aromatic N) is 2. The molecule has 0 bridgehead atoms. The Morgan fingerprint density at radius 1 is 1.14 bits per heavy atom. The van der Waals surface area contributed by atoms with Crippen molar-refractivity contribution in [2.75, 3.05) is 37.6 Å². The number of benzene rings is 1. The van der Waals surface area contributed by atoms with Crippen molar-refractivity contribution < 1.29 is 0 Å². The highest BCUT2D eigenvalue weighted by atomic mass is 35.5. The fourth-order valence-electron chi connectivity index (χ4n) is 2.95. The fourth-order valence-corrected chi connectivity index (χ4v) is 3.20. The second kappa shape index (κ2) is 7.48. The quantitative estimate of drug-likeness (QED) is 0.907. The van der Waals surface area contributed by atoms with Crippen LogP contribution >= 0.6 is 11.6 Å². The highest BCUT2D eigenvalue weighted by Crippen LogP contribution is 2.25. The van der Waals surface area contributed by atoms with E-state index in [1.807, 2.05) is 6.92 Å². The monoisotopic (exact) mass is 309 g/mol. The lowest BCUT2D eigenvalue weighted by molar-refractivity contribution is 0.231. The van der Waals surface area contributed by atoms with Crippen molar-refractivity contribution in [2.24, 2.45) is 11.7 Å².